The van der Waals surface area contributed by atoms with Gasteiger partial charge in [0.05, 0.1) is 4.88 Å². The maximum absolute atomic E-state index is 12.3. The van der Waals surface area contributed by atoms with Crippen molar-refractivity contribution in [3.05, 3.63) is 20.8 Å². The Morgan fingerprint density at radius 3 is 2.83 bits per heavy atom. The number of piperidine rings is 1. The fourth-order valence-corrected chi connectivity index (χ4v) is 3.57. The predicted octanol–water partition coefficient (Wildman–Crippen LogP) is 2.84. The number of hydrogen-bond acceptors (Lipinski definition) is 3. The van der Waals surface area contributed by atoms with Crippen LogP contribution in [0, 0.1) is 5.92 Å². The van der Waals surface area contributed by atoms with E-state index < -0.39 is 12.0 Å². The van der Waals surface area contributed by atoms with Gasteiger partial charge >= 0.3 is 5.97 Å². The predicted molar refractivity (Wildman–Crippen MR) is 72.9 cm³/mol. The minimum atomic E-state index is -0.912. The molecule has 4 nitrogen and oxygen atoms in total. The van der Waals surface area contributed by atoms with Crippen LogP contribution < -0.4 is 0 Å². The Bertz CT molecular complexity index is 474. The Balaban J connectivity index is 2.20. The number of carbonyl (C=O) groups is 2. The molecular weight excluding hydrogens is 318 g/mol. The standard InChI is InChI=1S/C12H14BrNO3S/c1-7-2-3-14(9(4-7)12(16)17)11(15)10-5-8(13)6-18-10/h5-7,9H,2-4H2,1H3,(H,16,17). The summed E-state index contributed by atoms with van der Waals surface area (Å²) in [5.41, 5.74) is 0. The Labute approximate surface area is 118 Å². The molecule has 2 atom stereocenters. The van der Waals surface area contributed by atoms with Crippen LogP contribution in [0.1, 0.15) is 29.4 Å². The third kappa shape index (κ3) is 2.75. The number of aliphatic carboxylic acids is 1. The first-order valence-corrected chi connectivity index (χ1v) is 7.44. The second-order valence-electron chi connectivity index (χ2n) is 4.61. The zero-order valence-electron chi connectivity index (χ0n) is 9.93. The fraction of sp³-hybridized carbons (Fsp3) is 0.500. The van der Waals surface area contributed by atoms with E-state index in [-0.39, 0.29) is 5.91 Å². The number of carboxylic acids is 1. The van der Waals surface area contributed by atoms with Crippen LogP contribution in [0.2, 0.25) is 0 Å². The largest absolute Gasteiger partial charge is 0.480 e. The Kier molecular flexibility index (Phi) is 4.07. The van der Waals surface area contributed by atoms with E-state index in [4.69, 9.17) is 0 Å². The van der Waals surface area contributed by atoms with Crippen molar-refractivity contribution >= 4 is 39.1 Å². The lowest BCUT2D eigenvalue weighted by atomic mass is 9.92. The zero-order valence-corrected chi connectivity index (χ0v) is 12.3. The van der Waals surface area contributed by atoms with E-state index in [1.165, 1.54) is 16.2 Å². The summed E-state index contributed by atoms with van der Waals surface area (Å²) in [7, 11) is 0. The Morgan fingerprint density at radius 2 is 2.28 bits per heavy atom. The van der Waals surface area contributed by atoms with E-state index in [0.29, 0.717) is 23.8 Å². The first-order chi connectivity index (χ1) is 8.49. The average molecular weight is 332 g/mol. The molecule has 0 bridgehead atoms. The van der Waals surface area contributed by atoms with E-state index in [2.05, 4.69) is 15.9 Å². The van der Waals surface area contributed by atoms with Crippen LogP contribution in [0.25, 0.3) is 0 Å². The van der Waals surface area contributed by atoms with Crippen LogP contribution in [-0.4, -0.2) is 34.5 Å². The van der Waals surface area contributed by atoms with Crippen molar-refractivity contribution in [1.29, 1.82) is 0 Å². The van der Waals surface area contributed by atoms with Crippen molar-refractivity contribution in [1.82, 2.24) is 4.90 Å². The van der Waals surface area contributed by atoms with Crippen LogP contribution >= 0.6 is 27.3 Å². The smallest absolute Gasteiger partial charge is 0.326 e. The van der Waals surface area contributed by atoms with E-state index in [1.807, 2.05) is 12.3 Å². The summed E-state index contributed by atoms with van der Waals surface area (Å²) >= 11 is 4.64. The highest BCUT2D eigenvalue weighted by Gasteiger charge is 2.35. The summed E-state index contributed by atoms with van der Waals surface area (Å²) < 4.78 is 0.855. The molecule has 1 aliphatic rings. The molecule has 2 rings (SSSR count). The van der Waals surface area contributed by atoms with Gasteiger partial charge < -0.3 is 10.0 Å². The lowest BCUT2D eigenvalue weighted by Gasteiger charge is -2.35. The molecule has 1 aliphatic heterocycles. The summed E-state index contributed by atoms with van der Waals surface area (Å²) in [6.45, 7) is 2.55. The molecule has 0 aromatic carbocycles. The molecule has 1 saturated heterocycles. The number of amides is 1. The lowest BCUT2D eigenvalue weighted by molar-refractivity contribution is -0.144. The topological polar surface area (TPSA) is 57.6 Å². The Hall–Kier alpha value is -0.880. The van der Waals surface area contributed by atoms with E-state index in [9.17, 15) is 14.7 Å². The van der Waals surface area contributed by atoms with Gasteiger partial charge in [-0.25, -0.2) is 4.79 Å². The maximum Gasteiger partial charge on any atom is 0.326 e. The van der Waals surface area contributed by atoms with Crippen molar-refractivity contribution in [2.75, 3.05) is 6.54 Å². The molecule has 0 aliphatic carbocycles. The van der Waals surface area contributed by atoms with Gasteiger partial charge in [-0.1, -0.05) is 6.92 Å². The summed E-state index contributed by atoms with van der Waals surface area (Å²) in [5.74, 6) is -0.735. The minimum Gasteiger partial charge on any atom is -0.480 e. The quantitative estimate of drug-likeness (QED) is 0.906. The number of hydrogen-bond donors (Lipinski definition) is 1. The fourth-order valence-electron chi connectivity index (χ4n) is 2.19. The van der Waals surface area contributed by atoms with Gasteiger partial charge in [-0.15, -0.1) is 11.3 Å². The Morgan fingerprint density at radius 1 is 1.56 bits per heavy atom. The van der Waals surface area contributed by atoms with Gasteiger partial charge in [0.25, 0.3) is 5.91 Å². The SMILES string of the molecule is CC1CCN(C(=O)c2cc(Br)cs2)C(C(=O)O)C1. The molecule has 2 heterocycles. The van der Waals surface area contributed by atoms with Crippen LogP contribution in [-0.2, 0) is 4.79 Å². The number of thiophene rings is 1. The third-order valence-corrected chi connectivity index (χ3v) is 4.87. The van der Waals surface area contributed by atoms with Crippen molar-refractivity contribution in [3.63, 3.8) is 0 Å². The van der Waals surface area contributed by atoms with E-state index in [1.54, 1.807) is 6.07 Å². The third-order valence-electron chi connectivity index (χ3n) is 3.19. The van der Waals surface area contributed by atoms with Crippen LogP contribution in [0.5, 0.6) is 0 Å². The molecule has 1 aromatic heterocycles. The maximum atomic E-state index is 12.3. The number of likely N-dealkylation sites (tertiary alicyclic amines) is 1. The van der Waals surface area contributed by atoms with Crippen LogP contribution in [0.15, 0.2) is 15.9 Å². The van der Waals surface area contributed by atoms with Crippen molar-refractivity contribution in [2.45, 2.75) is 25.8 Å². The zero-order chi connectivity index (χ0) is 13.3. The lowest BCUT2D eigenvalue weighted by Crippen LogP contribution is -2.49. The van der Waals surface area contributed by atoms with Gasteiger partial charge in [-0.05, 0) is 40.8 Å². The van der Waals surface area contributed by atoms with Gasteiger partial charge in [0, 0.05) is 16.4 Å². The molecule has 1 amide bonds. The van der Waals surface area contributed by atoms with Gasteiger partial charge in [0.1, 0.15) is 6.04 Å². The molecule has 0 saturated carbocycles. The molecule has 0 spiro atoms. The summed E-state index contributed by atoms with van der Waals surface area (Å²) in [5, 5.41) is 11.1. The molecule has 1 aromatic rings. The molecular formula is C12H14BrNO3S. The summed E-state index contributed by atoms with van der Waals surface area (Å²) in [4.78, 5) is 25.6. The second kappa shape index (κ2) is 5.40. The second-order valence-corrected chi connectivity index (χ2v) is 6.44. The molecule has 2 unspecified atom stereocenters. The van der Waals surface area contributed by atoms with Gasteiger partial charge in [0.15, 0.2) is 0 Å². The monoisotopic (exact) mass is 331 g/mol. The number of carboxylic acid groups (broad SMARTS) is 1. The number of rotatable bonds is 2. The van der Waals surface area contributed by atoms with Crippen molar-refractivity contribution < 1.29 is 14.7 Å². The van der Waals surface area contributed by atoms with Gasteiger partial charge in [-0.2, -0.15) is 0 Å². The van der Waals surface area contributed by atoms with Crippen molar-refractivity contribution in [2.24, 2.45) is 5.92 Å². The highest BCUT2D eigenvalue weighted by atomic mass is 79.9. The van der Waals surface area contributed by atoms with Crippen molar-refractivity contribution in [3.8, 4) is 0 Å². The minimum absolute atomic E-state index is 0.176. The molecule has 1 N–H and O–H groups in total. The summed E-state index contributed by atoms with van der Waals surface area (Å²) in [6.07, 6.45) is 1.40. The van der Waals surface area contributed by atoms with E-state index in [0.717, 1.165) is 10.9 Å². The highest BCUT2D eigenvalue weighted by molar-refractivity contribution is 9.10. The van der Waals surface area contributed by atoms with Crippen LogP contribution in [0.3, 0.4) is 0 Å². The first kappa shape index (κ1) is 13.5. The molecule has 0 radical (unpaired) electrons. The first-order valence-electron chi connectivity index (χ1n) is 5.77. The normalized spacial score (nSPS) is 24.0. The van der Waals surface area contributed by atoms with Crippen LogP contribution in [0.4, 0.5) is 0 Å². The van der Waals surface area contributed by atoms with E-state index >= 15 is 0 Å². The number of nitrogens with zero attached hydrogens (tertiary/aromatic N) is 1. The summed E-state index contributed by atoms with van der Waals surface area (Å²) in [6, 6.07) is 1.05. The van der Waals surface area contributed by atoms with Gasteiger partial charge in [0.2, 0.25) is 0 Å². The molecule has 6 heteroatoms. The molecule has 18 heavy (non-hydrogen) atoms. The van der Waals surface area contributed by atoms with Gasteiger partial charge in [-0.3, -0.25) is 4.79 Å². The number of halogens is 1. The highest BCUT2D eigenvalue weighted by Crippen LogP contribution is 2.27. The molecule has 1 fully saturated rings. The average Bonchev–Trinajstić information content (AvgIpc) is 2.75. The number of carbonyl (C=O) groups excluding carboxylic acids is 1. The molecule has 98 valence electrons.